The largest absolute Gasteiger partial charge is 0.396 e. The quantitative estimate of drug-likeness (QED) is 0.548. The van der Waals surface area contributed by atoms with Crippen LogP contribution in [0.1, 0.15) is 24.7 Å². The number of nitrogens with zero attached hydrogens (tertiary/aromatic N) is 7. The van der Waals surface area contributed by atoms with Crippen LogP contribution in [0.4, 0.5) is 5.82 Å². The summed E-state index contributed by atoms with van der Waals surface area (Å²) in [5.41, 5.74) is 2.53. The van der Waals surface area contributed by atoms with E-state index in [0.717, 1.165) is 27.4 Å². The Morgan fingerprint density at radius 3 is 2.83 bits per heavy atom. The van der Waals surface area contributed by atoms with Crippen LogP contribution in [-0.2, 0) is 14.9 Å². The zero-order chi connectivity index (χ0) is 21.3. The average Bonchev–Trinajstić information content (AvgIpc) is 3.13. The van der Waals surface area contributed by atoms with Gasteiger partial charge in [0.2, 0.25) is 10.0 Å². The molecule has 0 amide bonds. The highest BCUT2D eigenvalue weighted by Crippen LogP contribution is 2.34. The molecule has 4 heterocycles. The van der Waals surface area contributed by atoms with Gasteiger partial charge in [-0.15, -0.1) is 21.5 Å². The van der Waals surface area contributed by atoms with E-state index in [9.17, 15) is 8.42 Å². The Hall–Kier alpha value is -2.99. The molecule has 156 valence electrons. The summed E-state index contributed by atoms with van der Waals surface area (Å²) < 4.78 is 25.6. The number of rotatable bonds is 5. The molecule has 0 atom stereocenters. The van der Waals surface area contributed by atoms with E-state index in [2.05, 4.69) is 30.3 Å². The number of aryl methyl sites for hydroxylation is 1. The van der Waals surface area contributed by atoms with E-state index in [1.165, 1.54) is 15.6 Å². The maximum atomic E-state index is 12.2. The van der Waals surface area contributed by atoms with Gasteiger partial charge in [0.15, 0.2) is 11.6 Å². The van der Waals surface area contributed by atoms with E-state index >= 15 is 0 Å². The SMILES string of the molecule is CCON=C1CCN(S(C)(=O)=O)c2nnc(-c3sc(-c4cccnc4)nc3C)nc21. The number of sulfonamides is 1. The maximum absolute atomic E-state index is 12.2. The molecule has 0 fully saturated rings. The predicted octanol–water partition coefficient (Wildman–Crippen LogP) is 2.28. The zero-order valence-corrected chi connectivity index (χ0v) is 18.2. The highest BCUT2D eigenvalue weighted by atomic mass is 32.2. The minimum Gasteiger partial charge on any atom is -0.396 e. The molecule has 0 saturated heterocycles. The maximum Gasteiger partial charge on any atom is 0.233 e. The van der Waals surface area contributed by atoms with Crippen molar-refractivity contribution in [2.45, 2.75) is 20.3 Å². The molecule has 0 radical (unpaired) electrons. The van der Waals surface area contributed by atoms with Crippen molar-refractivity contribution >= 4 is 32.9 Å². The van der Waals surface area contributed by atoms with E-state index in [4.69, 9.17) is 4.84 Å². The van der Waals surface area contributed by atoms with Crippen LogP contribution in [0.2, 0.25) is 0 Å². The molecule has 0 aromatic carbocycles. The molecule has 1 aliphatic rings. The number of hydrogen-bond acceptors (Lipinski definition) is 10. The van der Waals surface area contributed by atoms with Crippen molar-refractivity contribution in [3.05, 3.63) is 35.9 Å². The molecular formula is C18H19N7O3S2. The van der Waals surface area contributed by atoms with E-state index < -0.39 is 10.0 Å². The van der Waals surface area contributed by atoms with Gasteiger partial charge in [-0.1, -0.05) is 5.16 Å². The second-order valence-electron chi connectivity index (χ2n) is 6.52. The molecule has 3 aromatic rings. The Labute approximate surface area is 177 Å². The zero-order valence-electron chi connectivity index (χ0n) is 16.6. The molecule has 12 heteroatoms. The Morgan fingerprint density at radius 1 is 1.30 bits per heavy atom. The van der Waals surface area contributed by atoms with Crippen LogP contribution in [0.3, 0.4) is 0 Å². The van der Waals surface area contributed by atoms with Crippen LogP contribution in [0, 0.1) is 6.92 Å². The number of aromatic nitrogens is 5. The van der Waals surface area contributed by atoms with Crippen LogP contribution in [-0.4, -0.2) is 58.7 Å². The normalized spacial score (nSPS) is 15.3. The first-order chi connectivity index (χ1) is 14.4. The van der Waals surface area contributed by atoms with Crippen molar-refractivity contribution < 1.29 is 13.3 Å². The molecule has 1 aliphatic heterocycles. The Kier molecular flexibility index (Phi) is 5.43. The van der Waals surface area contributed by atoms with Crippen LogP contribution in [0.25, 0.3) is 21.3 Å². The molecule has 0 bridgehead atoms. The highest BCUT2D eigenvalue weighted by Gasteiger charge is 2.32. The molecule has 4 rings (SSSR count). The van der Waals surface area contributed by atoms with Gasteiger partial charge < -0.3 is 4.84 Å². The Bertz CT molecular complexity index is 1210. The van der Waals surface area contributed by atoms with E-state index in [0.29, 0.717) is 30.3 Å². The molecule has 30 heavy (non-hydrogen) atoms. The van der Waals surface area contributed by atoms with E-state index in [-0.39, 0.29) is 12.4 Å². The summed E-state index contributed by atoms with van der Waals surface area (Å²) in [5.74, 6) is 0.513. The van der Waals surface area contributed by atoms with Crippen LogP contribution in [0.15, 0.2) is 29.7 Å². The van der Waals surface area contributed by atoms with Crippen molar-refractivity contribution in [2.24, 2.45) is 5.16 Å². The lowest BCUT2D eigenvalue weighted by molar-refractivity contribution is 0.158. The van der Waals surface area contributed by atoms with Gasteiger partial charge >= 0.3 is 0 Å². The van der Waals surface area contributed by atoms with Gasteiger partial charge in [-0.3, -0.25) is 9.29 Å². The van der Waals surface area contributed by atoms with Gasteiger partial charge in [-0.25, -0.2) is 18.4 Å². The molecule has 0 saturated carbocycles. The number of hydrogen-bond donors (Lipinski definition) is 0. The topological polar surface area (TPSA) is 123 Å². The van der Waals surface area contributed by atoms with Crippen LogP contribution >= 0.6 is 11.3 Å². The second-order valence-corrected chi connectivity index (χ2v) is 9.43. The van der Waals surface area contributed by atoms with Gasteiger partial charge in [-0.2, -0.15) is 0 Å². The van der Waals surface area contributed by atoms with E-state index in [1.807, 2.05) is 26.0 Å². The fourth-order valence-corrected chi connectivity index (χ4v) is 4.83. The predicted molar refractivity (Wildman–Crippen MR) is 114 cm³/mol. The van der Waals surface area contributed by atoms with Gasteiger partial charge in [0.05, 0.1) is 16.8 Å². The summed E-state index contributed by atoms with van der Waals surface area (Å²) in [6.07, 6.45) is 4.93. The Balaban J connectivity index is 1.81. The van der Waals surface area contributed by atoms with Crippen LogP contribution in [0.5, 0.6) is 0 Å². The summed E-state index contributed by atoms with van der Waals surface area (Å²) in [6.45, 7) is 4.29. The van der Waals surface area contributed by atoms with Crippen molar-refractivity contribution in [2.75, 3.05) is 23.7 Å². The van der Waals surface area contributed by atoms with Crippen molar-refractivity contribution in [1.82, 2.24) is 25.1 Å². The third kappa shape index (κ3) is 3.87. The summed E-state index contributed by atoms with van der Waals surface area (Å²) in [4.78, 5) is 19.3. The van der Waals surface area contributed by atoms with Gasteiger partial charge in [0.1, 0.15) is 23.0 Å². The first-order valence-electron chi connectivity index (χ1n) is 9.18. The summed E-state index contributed by atoms with van der Waals surface area (Å²) in [7, 11) is -3.52. The average molecular weight is 446 g/mol. The third-order valence-corrected chi connectivity index (χ3v) is 6.70. The monoisotopic (exact) mass is 445 g/mol. The standard InChI is InChI=1S/C18H19N7O3S2/c1-4-28-24-13-7-9-25(30(3,26)27)17-14(13)21-16(22-23-17)15-11(2)20-18(29-15)12-6-5-8-19-10-12/h5-6,8,10H,4,7,9H2,1-3H3. The van der Waals surface area contributed by atoms with Gasteiger partial charge in [-0.05, 0) is 26.0 Å². The van der Waals surface area contributed by atoms with Crippen molar-refractivity contribution in [3.63, 3.8) is 0 Å². The minimum atomic E-state index is -3.52. The fraction of sp³-hybridized carbons (Fsp3) is 0.333. The van der Waals surface area contributed by atoms with Crippen molar-refractivity contribution in [1.29, 1.82) is 0 Å². The molecule has 3 aromatic heterocycles. The number of pyridine rings is 1. The highest BCUT2D eigenvalue weighted by molar-refractivity contribution is 7.92. The number of oxime groups is 1. The van der Waals surface area contributed by atoms with Gasteiger partial charge in [0.25, 0.3) is 0 Å². The second kappa shape index (κ2) is 8.03. The third-order valence-electron chi connectivity index (χ3n) is 4.34. The minimum absolute atomic E-state index is 0.153. The number of thiazole rings is 1. The molecule has 0 N–H and O–H groups in total. The van der Waals surface area contributed by atoms with E-state index in [1.54, 1.807) is 12.4 Å². The van der Waals surface area contributed by atoms with Crippen molar-refractivity contribution in [3.8, 4) is 21.3 Å². The molecule has 0 aliphatic carbocycles. The first kappa shape index (κ1) is 20.3. The number of anilines is 1. The molecule has 0 unspecified atom stereocenters. The van der Waals surface area contributed by atoms with Crippen LogP contribution < -0.4 is 4.31 Å². The Morgan fingerprint density at radius 2 is 2.13 bits per heavy atom. The lowest BCUT2D eigenvalue weighted by atomic mass is 10.1. The molecule has 0 spiro atoms. The summed E-state index contributed by atoms with van der Waals surface area (Å²) in [5, 5.41) is 13.3. The molecular weight excluding hydrogens is 426 g/mol. The lowest BCUT2D eigenvalue weighted by Gasteiger charge is -2.27. The van der Waals surface area contributed by atoms with Gasteiger partial charge in [0, 0.05) is 30.9 Å². The fourth-order valence-electron chi connectivity index (χ4n) is 2.98. The summed E-state index contributed by atoms with van der Waals surface area (Å²) in [6, 6.07) is 3.77. The summed E-state index contributed by atoms with van der Waals surface area (Å²) >= 11 is 1.42. The smallest absolute Gasteiger partial charge is 0.233 e. The lowest BCUT2D eigenvalue weighted by Crippen LogP contribution is -2.38. The number of fused-ring (bicyclic) bond motifs is 1. The first-order valence-corrected chi connectivity index (χ1v) is 11.8. The molecule has 10 nitrogen and oxygen atoms in total.